The van der Waals surface area contributed by atoms with E-state index in [4.69, 9.17) is 71.1 Å². The van der Waals surface area contributed by atoms with Crippen molar-refractivity contribution in [1.29, 1.82) is 0 Å². The Balaban J connectivity index is -0.0000000622. The summed E-state index contributed by atoms with van der Waals surface area (Å²) in [5.41, 5.74) is 4.99. The van der Waals surface area contributed by atoms with Crippen LogP contribution in [-0.2, 0) is 82.3 Å². The van der Waals surface area contributed by atoms with E-state index in [1.54, 1.807) is 25.3 Å². The topological polar surface area (TPSA) is 322 Å². The van der Waals surface area contributed by atoms with E-state index in [-0.39, 0.29) is 98.7 Å². The number of ether oxygens (including phenoxy) is 15. The zero-order valence-corrected chi connectivity index (χ0v) is 93.7. The zero-order valence-electron chi connectivity index (χ0n) is 93.7. The van der Waals surface area contributed by atoms with Gasteiger partial charge in [0.25, 0.3) is 5.91 Å². The quantitative estimate of drug-likeness (QED) is 0.00731. The number of carbonyl (C=O) groups is 3. The van der Waals surface area contributed by atoms with Crippen LogP contribution in [0.5, 0.6) is 5.75 Å². The molecular formula is C121H249N11O18. The fraction of sp³-hybridized carbons (Fsp3) is 0.645. The zero-order chi connectivity index (χ0) is 107. The normalized spacial score (nSPS) is 8.57. The van der Waals surface area contributed by atoms with E-state index in [1.807, 2.05) is 346 Å². The molecule has 3 amide bonds. The maximum Gasteiger partial charge on any atom is 0.251 e. The van der Waals surface area contributed by atoms with Crippen molar-refractivity contribution in [2.45, 2.75) is 288 Å². The summed E-state index contributed by atoms with van der Waals surface area (Å²) in [4.78, 5) is 34.7. The van der Waals surface area contributed by atoms with Crippen LogP contribution in [0.1, 0.15) is 309 Å². The van der Waals surface area contributed by atoms with Crippen molar-refractivity contribution in [3.63, 3.8) is 0 Å². The highest BCUT2D eigenvalue weighted by Crippen LogP contribution is 2.08. The van der Waals surface area contributed by atoms with Crippen LogP contribution in [0.15, 0.2) is 188 Å². The SMILES string of the molecule is C.C.C.C.C.C.C.C.C.C.CC.CC.CC.CC.CC.CC.CC.CC.CC.CC.CC.CC.CCOCNCCOCCC(=O)NCC#Cc1ccccc1.CCOCNCCOCCNC(=O)c1ccccc1.CCOCNCCOCCOCNC(=O)C=Cc1ccccc1.CCOCNCCOCCOCNc1ccccc1.CCOCNCCOCCOc1ccccc1.COCNCOCNCCc1ccccc1. The first-order valence-electron chi connectivity index (χ1n) is 51.9. The first-order valence-corrected chi connectivity index (χ1v) is 51.9. The van der Waals surface area contributed by atoms with Gasteiger partial charge in [0.1, 0.15) is 25.8 Å². The minimum atomic E-state index is -0.185. The van der Waals surface area contributed by atoms with Crippen LogP contribution in [0.25, 0.3) is 6.08 Å². The lowest BCUT2D eigenvalue weighted by Gasteiger charge is -2.08. The number of rotatable bonds is 64. The summed E-state index contributed by atoms with van der Waals surface area (Å²) in [5.74, 6) is 6.47. The van der Waals surface area contributed by atoms with Crippen molar-refractivity contribution in [1.82, 2.24) is 53.2 Å². The van der Waals surface area contributed by atoms with E-state index >= 15 is 0 Å². The van der Waals surface area contributed by atoms with Gasteiger partial charge in [0.05, 0.1) is 140 Å². The van der Waals surface area contributed by atoms with Crippen molar-refractivity contribution >= 4 is 29.5 Å². The third-order valence-electron chi connectivity index (χ3n) is 14.4. The Bertz CT molecular complexity index is 3140. The number of nitrogens with one attached hydrogen (secondary N) is 11. The van der Waals surface area contributed by atoms with Crippen LogP contribution in [0.2, 0.25) is 0 Å². The van der Waals surface area contributed by atoms with Gasteiger partial charge in [0, 0.05) is 115 Å². The minimum Gasteiger partial charge on any atom is -0.491 e. The lowest BCUT2D eigenvalue weighted by molar-refractivity contribution is -0.122. The number of benzene rings is 6. The fourth-order valence-electron chi connectivity index (χ4n) is 8.47. The molecule has 150 heavy (non-hydrogen) atoms. The molecule has 0 spiro atoms. The van der Waals surface area contributed by atoms with Crippen LogP contribution in [0.4, 0.5) is 5.69 Å². The van der Waals surface area contributed by atoms with E-state index in [0.29, 0.717) is 198 Å². The molecule has 0 radical (unpaired) electrons. The Morgan fingerprint density at radius 3 is 1.01 bits per heavy atom. The van der Waals surface area contributed by atoms with Gasteiger partial charge in [-0.25, -0.2) is 0 Å². The molecule has 11 N–H and O–H groups in total. The lowest BCUT2D eigenvalue weighted by atomic mass is 10.2. The van der Waals surface area contributed by atoms with E-state index in [1.165, 1.54) is 11.6 Å². The van der Waals surface area contributed by atoms with Gasteiger partial charge in [0.15, 0.2) is 0 Å². The molecular weight excluding hydrogens is 1900 g/mol. The van der Waals surface area contributed by atoms with Gasteiger partial charge in [0.2, 0.25) is 11.8 Å². The predicted molar refractivity (Wildman–Crippen MR) is 661 cm³/mol. The molecule has 29 heteroatoms. The van der Waals surface area contributed by atoms with E-state index in [9.17, 15) is 14.4 Å². The van der Waals surface area contributed by atoms with Crippen LogP contribution in [0, 0.1) is 11.8 Å². The molecule has 29 nitrogen and oxygen atoms in total. The number of amides is 3. The lowest BCUT2D eigenvalue weighted by Crippen LogP contribution is -2.28. The summed E-state index contributed by atoms with van der Waals surface area (Å²) in [6.45, 7) is 79.3. The second-order valence-corrected chi connectivity index (χ2v) is 23.6. The first-order chi connectivity index (χ1) is 69.3. The van der Waals surface area contributed by atoms with Gasteiger partial charge in [-0.05, 0) is 107 Å². The van der Waals surface area contributed by atoms with E-state index < -0.39 is 0 Å². The van der Waals surface area contributed by atoms with Crippen molar-refractivity contribution in [2.75, 3.05) is 251 Å². The van der Waals surface area contributed by atoms with Crippen LogP contribution < -0.4 is 63.2 Å². The smallest absolute Gasteiger partial charge is 0.251 e. The summed E-state index contributed by atoms with van der Waals surface area (Å²) in [5, 5.41) is 33.0. The van der Waals surface area contributed by atoms with Gasteiger partial charge < -0.3 is 92.3 Å². The molecule has 0 saturated carbocycles. The summed E-state index contributed by atoms with van der Waals surface area (Å²) in [6, 6.07) is 58.6. The molecule has 0 aromatic heterocycles. The molecule has 0 heterocycles. The highest BCUT2D eigenvalue weighted by molar-refractivity contribution is 5.94. The Labute approximate surface area is 929 Å². The van der Waals surface area contributed by atoms with Crippen LogP contribution in [-0.4, -0.2) is 263 Å². The standard InChI is InChI=1S/C17H26N2O4.C17H24N2O3.C14H22N2O3.C14H24N2O3.C13H21NO3.C12H20N2O2.12C2H6.10CH4/c1-2-21-14-18-10-11-22-12-13-23-15-19-17(20)9-8-16-6-4-3-5-7-16;1-2-21-15-18-12-14-22-13-10-17(20)19-11-6-9-16-7-4-3-5-8-16;1-2-18-12-15-8-10-19-11-9-16-14(17)13-6-4-3-5-7-13;1-2-17-12-15-8-9-18-10-11-19-13-16-14-6-4-3-5-7-14;1-2-15-12-14-8-9-16-10-11-17-13-6-4-3-5-7-13;1-15-9-14-11-16-10-13-8-7-12-5-3-2-4-6-12;12*1-2;;;;;;;;;;/h3-9,18H,2,10-15H2,1H3,(H,19,20);3-5,7-8,18H,2,10-15H2,1H3,(H,19,20);3-7,15H,2,8-12H2,1H3,(H,16,17);3-7,15-16H,2,8-13H2,1H3;3-7,14H,2,8-12H2,1H3;2-6,13-14H,7-11H2,1H3;12*1-2H3;10*1H4. The molecule has 0 saturated heterocycles. The average molecular weight is 2150 g/mol. The fourth-order valence-corrected chi connectivity index (χ4v) is 8.47. The van der Waals surface area contributed by atoms with Crippen LogP contribution >= 0.6 is 0 Å². The Hall–Kier alpha value is -8.21. The number of methoxy groups -OCH3 is 1. The van der Waals surface area contributed by atoms with E-state index in [2.05, 4.69) is 94.6 Å². The highest BCUT2D eigenvalue weighted by Gasteiger charge is 2.05. The third-order valence-corrected chi connectivity index (χ3v) is 14.4. The molecule has 896 valence electrons. The van der Waals surface area contributed by atoms with E-state index in [0.717, 1.165) is 74.9 Å². The van der Waals surface area contributed by atoms with Crippen molar-refractivity contribution in [3.8, 4) is 17.6 Å². The molecule has 0 bridgehead atoms. The Kier molecular flexibility index (Phi) is 263. The van der Waals surface area contributed by atoms with Gasteiger partial charge in [-0.3, -0.25) is 51.6 Å². The van der Waals surface area contributed by atoms with Crippen LogP contribution in [0.3, 0.4) is 0 Å². The molecule has 0 fully saturated rings. The highest BCUT2D eigenvalue weighted by atomic mass is 16.5. The van der Waals surface area contributed by atoms with Gasteiger partial charge in [-0.2, -0.15) is 0 Å². The maximum atomic E-state index is 11.7. The summed E-state index contributed by atoms with van der Waals surface area (Å²) >= 11 is 0. The number of carbonyl (C=O) groups excluding carboxylic acids is 3. The predicted octanol–water partition coefficient (Wildman–Crippen LogP) is 26.5. The molecule has 6 rings (SSSR count). The number of anilines is 1. The Morgan fingerprint density at radius 1 is 0.287 bits per heavy atom. The largest absolute Gasteiger partial charge is 0.491 e. The van der Waals surface area contributed by atoms with Crippen molar-refractivity contribution in [3.05, 3.63) is 210 Å². The second-order valence-electron chi connectivity index (χ2n) is 23.6. The molecule has 0 aliphatic carbocycles. The van der Waals surface area contributed by atoms with Gasteiger partial charge in [-0.1, -0.05) is 386 Å². The molecule has 6 aromatic rings. The summed E-state index contributed by atoms with van der Waals surface area (Å²) in [7, 11) is 1.64. The maximum absolute atomic E-state index is 11.7. The second kappa shape index (κ2) is 202. The molecule has 0 aliphatic heterocycles. The first kappa shape index (κ1) is 196. The average Bonchev–Trinajstić information content (AvgIpc) is 0.919. The number of hydrogen-bond acceptors (Lipinski definition) is 26. The summed E-state index contributed by atoms with van der Waals surface area (Å²) in [6.07, 6.45) is 4.61. The molecule has 0 unspecified atom stereocenters. The third kappa shape index (κ3) is 176. The Morgan fingerprint density at radius 2 is 0.607 bits per heavy atom. The number of para-hydroxylation sites is 2. The van der Waals surface area contributed by atoms with Gasteiger partial charge >= 0.3 is 0 Å². The van der Waals surface area contributed by atoms with Gasteiger partial charge in [-0.15, -0.1) is 0 Å². The molecule has 0 aliphatic rings. The molecule has 6 aromatic carbocycles. The monoisotopic (exact) mass is 2140 g/mol. The van der Waals surface area contributed by atoms with Crippen molar-refractivity contribution in [2.24, 2.45) is 0 Å². The number of hydrogen-bond donors (Lipinski definition) is 11. The van der Waals surface area contributed by atoms with Crippen molar-refractivity contribution < 1.29 is 85.4 Å². The minimum absolute atomic E-state index is 0. The summed E-state index contributed by atoms with van der Waals surface area (Å²) < 4.78 is 78.7. The molecule has 0 atom stereocenters.